The number of rotatable bonds is 2. The van der Waals surface area contributed by atoms with E-state index in [1.165, 1.54) is 12.8 Å². The predicted octanol–water partition coefficient (Wildman–Crippen LogP) is 1.30. The zero-order valence-corrected chi connectivity index (χ0v) is 7.62. The van der Waals surface area contributed by atoms with E-state index < -0.39 is 0 Å². The molecule has 1 heterocycles. The van der Waals surface area contributed by atoms with Crippen molar-refractivity contribution in [1.82, 2.24) is 9.80 Å². The second-order valence-electron chi connectivity index (χ2n) is 3.64. The summed E-state index contributed by atoms with van der Waals surface area (Å²) in [6.07, 6.45) is 3.60. The fourth-order valence-electron chi connectivity index (χ4n) is 1.82. The summed E-state index contributed by atoms with van der Waals surface area (Å²) in [6.45, 7) is 4.86. The molecule has 0 aromatic heterocycles. The summed E-state index contributed by atoms with van der Waals surface area (Å²) in [6, 6.07) is 0.859. The first-order chi connectivity index (χ1) is 5.83. The third kappa shape index (κ3) is 1.28. The van der Waals surface area contributed by atoms with E-state index in [1.807, 2.05) is 16.7 Å². The Labute approximate surface area is 73.3 Å². The molecular weight excluding hydrogens is 152 g/mol. The van der Waals surface area contributed by atoms with Crippen LogP contribution in [0.3, 0.4) is 0 Å². The van der Waals surface area contributed by atoms with Gasteiger partial charge in [-0.15, -0.1) is 0 Å². The molecule has 0 unspecified atom stereocenters. The molecule has 3 nitrogen and oxygen atoms in total. The van der Waals surface area contributed by atoms with E-state index in [0.717, 1.165) is 26.1 Å². The molecule has 1 saturated carbocycles. The first-order valence-electron chi connectivity index (χ1n) is 4.88. The van der Waals surface area contributed by atoms with Crippen LogP contribution in [0, 0.1) is 0 Å². The third-order valence-electron chi connectivity index (χ3n) is 2.71. The minimum atomic E-state index is 0.270. The number of carbonyl (C=O) groups is 1. The quantitative estimate of drug-likeness (QED) is 0.609. The Morgan fingerprint density at radius 2 is 2.17 bits per heavy atom. The lowest BCUT2D eigenvalue weighted by atomic mass is 10.3. The zero-order valence-electron chi connectivity index (χ0n) is 7.62. The Hall–Kier alpha value is -0.730. The largest absolute Gasteiger partial charge is 0.325 e. The minimum Gasteiger partial charge on any atom is -0.325 e. The number of nitrogens with zero attached hydrogens (tertiary/aromatic N) is 2. The van der Waals surface area contributed by atoms with Crippen molar-refractivity contribution in [3.05, 3.63) is 0 Å². The summed E-state index contributed by atoms with van der Waals surface area (Å²) >= 11 is 0. The van der Waals surface area contributed by atoms with Gasteiger partial charge in [-0.1, -0.05) is 0 Å². The first-order valence-corrected chi connectivity index (χ1v) is 4.88. The fraction of sp³-hybridized carbons (Fsp3) is 0.889. The Morgan fingerprint density at radius 3 is 2.75 bits per heavy atom. The lowest BCUT2D eigenvalue weighted by Crippen LogP contribution is -2.49. The highest BCUT2D eigenvalue weighted by Crippen LogP contribution is 2.29. The zero-order chi connectivity index (χ0) is 8.55. The number of amides is 2. The van der Waals surface area contributed by atoms with Crippen LogP contribution in [0.5, 0.6) is 0 Å². The second kappa shape index (κ2) is 2.96. The average Bonchev–Trinajstić information content (AvgIpc) is 2.88. The van der Waals surface area contributed by atoms with Crippen LogP contribution in [-0.2, 0) is 0 Å². The van der Waals surface area contributed by atoms with Crippen molar-refractivity contribution in [3.8, 4) is 0 Å². The summed E-state index contributed by atoms with van der Waals surface area (Å²) in [5.74, 6) is 0. The summed E-state index contributed by atoms with van der Waals surface area (Å²) in [4.78, 5) is 15.7. The molecule has 0 radical (unpaired) electrons. The van der Waals surface area contributed by atoms with Crippen LogP contribution in [0.15, 0.2) is 0 Å². The van der Waals surface area contributed by atoms with Gasteiger partial charge in [0.25, 0.3) is 0 Å². The SMILES string of the molecule is CCN1CCCN(C2CC2)C1=O. The molecule has 0 atom stereocenters. The van der Waals surface area contributed by atoms with E-state index in [2.05, 4.69) is 0 Å². The predicted molar refractivity (Wildman–Crippen MR) is 47.0 cm³/mol. The van der Waals surface area contributed by atoms with Gasteiger partial charge in [0, 0.05) is 25.7 Å². The number of hydrogen-bond acceptors (Lipinski definition) is 1. The molecule has 2 aliphatic rings. The molecule has 0 spiro atoms. The van der Waals surface area contributed by atoms with Crippen molar-refractivity contribution >= 4 is 6.03 Å². The standard InChI is InChI=1S/C9H16N2O/c1-2-10-6-3-7-11(9(10)12)8-4-5-8/h8H,2-7H2,1H3. The van der Waals surface area contributed by atoms with Crippen LogP contribution >= 0.6 is 0 Å². The van der Waals surface area contributed by atoms with Gasteiger partial charge in [0.2, 0.25) is 0 Å². The molecule has 2 fully saturated rings. The van der Waals surface area contributed by atoms with Gasteiger partial charge in [-0.3, -0.25) is 0 Å². The monoisotopic (exact) mass is 168 g/mol. The van der Waals surface area contributed by atoms with Crippen molar-refractivity contribution in [2.24, 2.45) is 0 Å². The van der Waals surface area contributed by atoms with Crippen LogP contribution in [0.1, 0.15) is 26.2 Å². The van der Waals surface area contributed by atoms with E-state index in [0.29, 0.717) is 6.04 Å². The van der Waals surface area contributed by atoms with Gasteiger partial charge >= 0.3 is 6.03 Å². The number of carbonyl (C=O) groups excluding carboxylic acids is 1. The van der Waals surface area contributed by atoms with Crippen LogP contribution in [0.25, 0.3) is 0 Å². The lowest BCUT2D eigenvalue weighted by Gasteiger charge is -2.35. The van der Waals surface area contributed by atoms with E-state index in [1.54, 1.807) is 0 Å². The molecule has 1 aliphatic heterocycles. The summed E-state index contributed by atoms with van der Waals surface area (Å²) in [5.41, 5.74) is 0. The number of hydrogen-bond donors (Lipinski definition) is 0. The summed E-state index contributed by atoms with van der Waals surface area (Å²) in [7, 11) is 0. The highest BCUT2D eigenvalue weighted by Gasteiger charge is 2.36. The minimum absolute atomic E-state index is 0.270. The Kier molecular flexibility index (Phi) is 1.95. The van der Waals surface area contributed by atoms with Crippen molar-refractivity contribution in [3.63, 3.8) is 0 Å². The van der Waals surface area contributed by atoms with Crippen LogP contribution in [-0.4, -0.2) is 41.5 Å². The van der Waals surface area contributed by atoms with Crippen molar-refractivity contribution in [2.45, 2.75) is 32.2 Å². The lowest BCUT2D eigenvalue weighted by molar-refractivity contribution is 0.129. The molecule has 2 rings (SSSR count). The maximum atomic E-state index is 11.7. The Morgan fingerprint density at radius 1 is 1.42 bits per heavy atom. The van der Waals surface area contributed by atoms with Crippen LogP contribution in [0.4, 0.5) is 4.79 Å². The summed E-state index contributed by atoms with van der Waals surface area (Å²) < 4.78 is 0. The molecule has 1 saturated heterocycles. The van der Waals surface area contributed by atoms with Crippen molar-refractivity contribution < 1.29 is 4.79 Å². The molecule has 0 bridgehead atoms. The van der Waals surface area contributed by atoms with E-state index in [4.69, 9.17) is 0 Å². The summed E-state index contributed by atoms with van der Waals surface area (Å²) in [5, 5.41) is 0. The Balaban J connectivity index is 1.99. The smallest absolute Gasteiger partial charge is 0.320 e. The molecule has 0 aromatic carbocycles. The number of urea groups is 1. The second-order valence-corrected chi connectivity index (χ2v) is 3.64. The molecule has 0 aromatic rings. The highest BCUT2D eigenvalue weighted by molar-refractivity contribution is 5.75. The molecule has 3 heteroatoms. The van der Waals surface area contributed by atoms with Crippen molar-refractivity contribution in [2.75, 3.05) is 19.6 Å². The molecule has 0 N–H and O–H groups in total. The van der Waals surface area contributed by atoms with Gasteiger partial charge < -0.3 is 9.80 Å². The molecule has 12 heavy (non-hydrogen) atoms. The topological polar surface area (TPSA) is 23.6 Å². The maximum absolute atomic E-state index is 11.7. The fourth-order valence-corrected chi connectivity index (χ4v) is 1.82. The average molecular weight is 168 g/mol. The normalized spacial score (nSPS) is 24.9. The van der Waals surface area contributed by atoms with Gasteiger partial charge in [0.15, 0.2) is 0 Å². The van der Waals surface area contributed by atoms with E-state index in [9.17, 15) is 4.79 Å². The molecule has 68 valence electrons. The molecule has 2 amide bonds. The third-order valence-corrected chi connectivity index (χ3v) is 2.71. The van der Waals surface area contributed by atoms with Gasteiger partial charge in [-0.05, 0) is 26.2 Å². The van der Waals surface area contributed by atoms with Gasteiger partial charge in [0.05, 0.1) is 0 Å². The Bertz CT molecular complexity index is 189. The van der Waals surface area contributed by atoms with Gasteiger partial charge in [0.1, 0.15) is 0 Å². The first kappa shape index (κ1) is 7.90. The van der Waals surface area contributed by atoms with Gasteiger partial charge in [-0.25, -0.2) is 4.79 Å². The van der Waals surface area contributed by atoms with Gasteiger partial charge in [-0.2, -0.15) is 0 Å². The van der Waals surface area contributed by atoms with Crippen LogP contribution in [0.2, 0.25) is 0 Å². The molecular formula is C9H16N2O. The maximum Gasteiger partial charge on any atom is 0.320 e. The van der Waals surface area contributed by atoms with E-state index >= 15 is 0 Å². The van der Waals surface area contributed by atoms with Crippen LogP contribution < -0.4 is 0 Å². The van der Waals surface area contributed by atoms with E-state index in [-0.39, 0.29) is 6.03 Å². The van der Waals surface area contributed by atoms with Crippen molar-refractivity contribution in [1.29, 1.82) is 0 Å². The highest BCUT2D eigenvalue weighted by atomic mass is 16.2. The molecule has 1 aliphatic carbocycles.